The molecule has 142 valence electrons. The van der Waals surface area contributed by atoms with E-state index in [1.54, 1.807) is 14.2 Å². The van der Waals surface area contributed by atoms with Crippen LogP contribution in [0.25, 0.3) is 16.9 Å². The molecule has 0 unspecified atom stereocenters. The lowest BCUT2D eigenvalue weighted by Gasteiger charge is -2.12. The average Bonchev–Trinajstić information content (AvgIpc) is 3.10. The van der Waals surface area contributed by atoms with Crippen LogP contribution in [0.4, 0.5) is 5.82 Å². The van der Waals surface area contributed by atoms with E-state index < -0.39 is 0 Å². The highest BCUT2D eigenvalue weighted by molar-refractivity contribution is 5.81. The average molecular weight is 373 g/mol. The number of ether oxygens (including phenoxy) is 2. The van der Waals surface area contributed by atoms with Crippen molar-refractivity contribution in [3.63, 3.8) is 0 Å². The molecule has 4 aromatic rings. The summed E-state index contributed by atoms with van der Waals surface area (Å²) in [7, 11) is 3.33. The number of hydrogen-bond acceptors (Lipinski definition) is 4. The molecule has 0 aliphatic rings. The van der Waals surface area contributed by atoms with Gasteiger partial charge in [-0.15, -0.1) is 0 Å². The quantitative estimate of drug-likeness (QED) is 0.520. The molecule has 0 saturated heterocycles. The fourth-order valence-corrected chi connectivity index (χ4v) is 3.29. The van der Waals surface area contributed by atoms with Crippen molar-refractivity contribution >= 4 is 11.5 Å². The second-order valence-corrected chi connectivity index (χ2v) is 6.65. The first kappa shape index (κ1) is 17.9. The summed E-state index contributed by atoms with van der Waals surface area (Å²) in [5, 5.41) is 3.57. The number of fused-ring (bicyclic) bond motifs is 1. The minimum atomic E-state index is 0.696. The van der Waals surface area contributed by atoms with Gasteiger partial charge in [0.1, 0.15) is 28.7 Å². The van der Waals surface area contributed by atoms with Gasteiger partial charge in [-0.2, -0.15) is 0 Å². The van der Waals surface area contributed by atoms with Crippen molar-refractivity contribution in [2.24, 2.45) is 0 Å². The Balaban J connectivity index is 1.86. The molecule has 0 spiro atoms. The number of nitrogens with zero attached hydrogens (tertiary/aromatic N) is 2. The molecule has 2 aromatic heterocycles. The van der Waals surface area contributed by atoms with Gasteiger partial charge in [-0.05, 0) is 42.3 Å². The zero-order valence-electron chi connectivity index (χ0n) is 16.3. The third-order valence-corrected chi connectivity index (χ3v) is 4.73. The molecule has 2 aromatic carbocycles. The van der Waals surface area contributed by atoms with Gasteiger partial charge < -0.3 is 14.8 Å². The number of hydrogen-bond donors (Lipinski definition) is 1. The molecule has 0 aliphatic heterocycles. The Kier molecular flexibility index (Phi) is 4.89. The van der Waals surface area contributed by atoms with E-state index in [4.69, 9.17) is 14.5 Å². The van der Waals surface area contributed by atoms with Crippen LogP contribution in [-0.4, -0.2) is 23.6 Å². The summed E-state index contributed by atoms with van der Waals surface area (Å²) in [5.74, 6) is 2.44. The number of nitrogens with one attached hydrogen (secondary N) is 1. The first-order valence-corrected chi connectivity index (χ1v) is 9.18. The van der Waals surface area contributed by atoms with Crippen LogP contribution in [0.3, 0.4) is 0 Å². The molecular weight excluding hydrogens is 350 g/mol. The Morgan fingerprint density at radius 2 is 1.79 bits per heavy atom. The fraction of sp³-hybridized carbons (Fsp3) is 0.174. The normalized spacial score (nSPS) is 10.8. The Labute approximate surface area is 164 Å². The van der Waals surface area contributed by atoms with Gasteiger partial charge in [-0.25, -0.2) is 4.98 Å². The topological polar surface area (TPSA) is 47.8 Å². The van der Waals surface area contributed by atoms with Gasteiger partial charge in [-0.1, -0.05) is 36.4 Å². The van der Waals surface area contributed by atoms with Crippen molar-refractivity contribution < 1.29 is 9.47 Å². The standard InChI is InChI=1S/C23H23N3O2/c1-16-9-12-21-25-22(19-13-18(27-2)10-11-20(19)28-3)23(26(21)15-16)24-14-17-7-5-4-6-8-17/h4-13,15,24H,14H2,1-3H3. The van der Waals surface area contributed by atoms with Gasteiger partial charge in [0.15, 0.2) is 0 Å². The molecule has 2 heterocycles. The van der Waals surface area contributed by atoms with Crippen molar-refractivity contribution in [1.82, 2.24) is 9.38 Å². The number of aromatic nitrogens is 2. The zero-order valence-corrected chi connectivity index (χ0v) is 16.3. The number of rotatable bonds is 6. The van der Waals surface area contributed by atoms with E-state index in [-0.39, 0.29) is 0 Å². The Morgan fingerprint density at radius 3 is 2.54 bits per heavy atom. The summed E-state index contributed by atoms with van der Waals surface area (Å²) in [6.07, 6.45) is 2.09. The summed E-state index contributed by atoms with van der Waals surface area (Å²) in [6.45, 7) is 2.77. The van der Waals surface area contributed by atoms with Crippen LogP contribution in [0, 0.1) is 6.92 Å². The van der Waals surface area contributed by atoms with Crippen LogP contribution < -0.4 is 14.8 Å². The van der Waals surface area contributed by atoms with Crippen LogP contribution in [-0.2, 0) is 6.54 Å². The molecule has 0 bridgehead atoms. The number of benzene rings is 2. The SMILES string of the molecule is COc1ccc(OC)c(-c2nc3ccc(C)cn3c2NCc2ccccc2)c1. The lowest BCUT2D eigenvalue weighted by Crippen LogP contribution is -2.04. The molecule has 0 aliphatic carbocycles. The Bertz CT molecular complexity index is 1100. The molecule has 0 saturated carbocycles. The van der Waals surface area contributed by atoms with Crippen molar-refractivity contribution in [2.75, 3.05) is 19.5 Å². The van der Waals surface area contributed by atoms with E-state index in [0.717, 1.165) is 39.8 Å². The lowest BCUT2D eigenvalue weighted by molar-refractivity contribution is 0.404. The van der Waals surface area contributed by atoms with Crippen molar-refractivity contribution in [1.29, 1.82) is 0 Å². The summed E-state index contributed by atoms with van der Waals surface area (Å²) in [5.41, 5.74) is 4.96. The van der Waals surface area contributed by atoms with Gasteiger partial charge in [0, 0.05) is 18.3 Å². The smallest absolute Gasteiger partial charge is 0.139 e. The van der Waals surface area contributed by atoms with Gasteiger partial charge in [0.05, 0.1) is 14.2 Å². The second kappa shape index (κ2) is 7.64. The van der Waals surface area contributed by atoms with Crippen molar-refractivity contribution in [3.05, 3.63) is 78.0 Å². The predicted octanol–water partition coefficient (Wildman–Crippen LogP) is 4.94. The number of imidazole rings is 1. The van der Waals surface area contributed by atoms with E-state index in [1.807, 2.05) is 42.5 Å². The minimum Gasteiger partial charge on any atom is -0.497 e. The lowest BCUT2D eigenvalue weighted by atomic mass is 10.1. The molecule has 28 heavy (non-hydrogen) atoms. The maximum absolute atomic E-state index is 5.60. The highest BCUT2D eigenvalue weighted by atomic mass is 16.5. The van der Waals surface area contributed by atoms with E-state index in [0.29, 0.717) is 6.54 Å². The molecule has 5 heteroatoms. The third kappa shape index (κ3) is 3.39. The van der Waals surface area contributed by atoms with Crippen LogP contribution >= 0.6 is 0 Å². The Morgan fingerprint density at radius 1 is 0.964 bits per heavy atom. The van der Waals surface area contributed by atoms with Crippen molar-refractivity contribution in [2.45, 2.75) is 13.5 Å². The molecule has 0 fully saturated rings. The highest BCUT2D eigenvalue weighted by Crippen LogP contribution is 2.37. The van der Waals surface area contributed by atoms with Gasteiger partial charge >= 0.3 is 0 Å². The molecule has 5 nitrogen and oxygen atoms in total. The largest absolute Gasteiger partial charge is 0.497 e. The number of aryl methyl sites for hydroxylation is 1. The maximum Gasteiger partial charge on any atom is 0.139 e. The number of methoxy groups -OCH3 is 2. The van der Waals surface area contributed by atoms with Gasteiger partial charge in [0.2, 0.25) is 0 Å². The summed E-state index contributed by atoms with van der Waals surface area (Å²) >= 11 is 0. The number of anilines is 1. The maximum atomic E-state index is 5.60. The van der Waals surface area contributed by atoms with E-state index in [9.17, 15) is 0 Å². The highest BCUT2D eigenvalue weighted by Gasteiger charge is 2.18. The van der Waals surface area contributed by atoms with Crippen LogP contribution in [0.5, 0.6) is 11.5 Å². The van der Waals surface area contributed by atoms with Gasteiger partial charge in [0.25, 0.3) is 0 Å². The monoisotopic (exact) mass is 373 g/mol. The van der Waals surface area contributed by atoms with Gasteiger partial charge in [-0.3, -0.25) is 4.40 Å². The number of pyridine rings is 1. The third-order valence-electron chi connectivity index (χ3n) is 4.73. The van der Waals surface area contributed by atoms with Crippen LogP contribution in [0.1, 0.15) is 11.1 Å². The molecule has 0 atom stereocenters. The molecule has 0 amide bonds. The summed E-state index contributed by atoms with van der Waals surface area (Å²) in [4.78, 5) is 4.89. The van der Waals surface area contributed by atoms with E-state index in [2.05, 4.69) is 41.0 Å². The summed E-state index contributed by atoms with van der Waals surface area (Å²) in [6, 6.07) is 20.2. The molecular formula is C23H23N3O2. The zero-order chi connectivity index (χ0) is 19.5. The van der Waals surface area contributed by atoms with Crippen LogP contribution in [0.15, 0.2) is 66.9 Å². The van der Waals surface area contributed by atoms with Crippen LogP contribution in [0.2, 0.25) is 0 Å². The minimum absolute atomic E-state index is 0.696. The van der Waals surface area contributed by atoms with E-state index in [1.165, 1.54) is 5.56 Å². The first-order valence-electron chi connectivity index (χ1n) is 9.18. The summed E-state index contributed by atoms with van der Waals surface area (Å²) < 4.78 is 13.1. The molecule has 4 rings (SSSR count). The van der Waals surface area contributed by atoms with Crippen molar-refractivity contribution in [3.8, 4) is 22.8 Å². The predicted molar refractivity (Wildman–Crippen MR) is 112 cm³/mol. The molecule has 0 radical (unpaired) electrons. The first-order chi connectivity index (χ1) is 13.7. The molecule has 1 N–H and O–H groups in total. The Hall–Kier alpha value is -3.47. The second-order valence-electron chi connectivity index (χ2n) is 6.65. The fourth-order valence-electron chi connectivity index (χ4n) is 3.29. The van der Waals surface area contributed by atoms with E-state index >= 15 is 0 Å².